The first-order chi connectivity index (χ1) is 9.93. The van der Waals surface area contributed by atoms with Crippen LogP contribution in [0.1, 0.15) is 50.9 Å². The van der Waals surface area contributed by atoms with Gasteiger partial charge >= 0.3 is 0 Å². The molecule has 1 heterocycles. The molecule has 0 bridgehead atoms. The molecule has 0 spiro atoms. The largest absolute Gasteiger partial charge is 0.377 e. The number of rotatable bonds is 5. The lowest BCUT2D eigenvalue weighted by Gasteiger charge is -2.43. The standard InChI is InChI=1S/C16H28ClN3O/c1-5-20-13(15(17)12(3)19-20)9-14(18)16(21-4)8-6-7-11(2)10-16/h11,14H,5-10,18H2,1-4H3. The predicted octanol–water partition coefficient (Wildman–Crippen LogP) is 3.33. The van der Waals surface area contributed by atoms with Crippen LogP contribution in [0.3, 0.4) is 0 Å². The van der Waals surface area contributed by atoms with Crippen LogP contribution in [0.5, 0.6) is 0 Å². The van der Waals surface area contributed by atoms with Gasteiger partial charge in [-0.15, -0.1) is 0 Å². The first-order valence-corrected chi connectivity index (χ1v) is 8.33. The van der Waals surface area contributed by atoms with Gasteiger partial charge in [0.1, 0.15) is 0 Å². The van der Waals surface area contributed by atoms with E-state index in [1.54, 1.807) is 7.11 Å². The minimum atomic E-state index is -0.224. The third kappa shape index (κ3) is 3.27. The lowest BCUT2D eigenvalue weighted by molar-refractivity contribution is -0.0708. The van der Waals surface area contributed by atoms with Gasteiger partial charge in [0.2, 0.25) is 0 Å². The number of ether oxygens (including phenoxy) is 1. The molecule has 3 unspecified atom stereocenters. The van der Waals surface area contributed by atoms with Crippen molar-refractivity contribution < 1.29 is 4.74 Å². The Morgan fingerprint density at radius 3 is 2.86 bits per heavy atom. The van der Waals surface area contributed by atoms with Gasteiger partial charge in [-0.05, 0) is 32.6 Å². The van der Waals surface area contributed by atoms with Gasteiger partial charge in [0.25, 0.3) is 0 Å². The summed E-state index contributed by atoms with van der Waals surface area (Å²) in [5.41, 5.74) is 8.26. The maximum Gasteiger partial charge on any atom is 0.0847 e. The first kappa shape index (κ1) is 16.8. The average Bonchev–Trinajstić information content (AvgIpc) is 2.74. The molecule has 0 aliphatic heterocycles. The Morgan fingerprint density at radius 1 is 1.57 bits per heavy atom. The SMILES string of the molecule is CCn1nc(C)c(Cl)c1CC(N)C1(OC)CCCC(C)C1. The minimum absolute atomic E-state index is 0.0517. The summed E-state index contributed by atoms with van der Waals surface area (Å²) in [5, 5.41) is 5.23. The lowest BCUT2D eigenvalue weighted by atomic mass is 9.73. The van der Waals surface area contributed by atoms with E-state index in [1.807, 2.05) is 11.6 Å². The van der Waals surface area contributed by atoms with Gasteiger partial charge in [-0.1, -0.05) is 31.4 Å². The molecule has 0 saturated heterocycles. The quantitative estimate of drug-likeness (QED) is 0.907. The molecule has 0 radical (unpaired) electrons. The molecule has 1 fully saturated rings. The molecule has 0 amide bonds. The maximum atomic E-state index is 6.57. The Labute approximate surface area is 133 Å². The van der Waals surface area contributed by atoms with Crippen molar-refractivity contribution in [3.8, 4) is 0 Å². The van der Waals surface area contributed by atoms with Gasteiger partial charge in [0.15, 0.2) is 0 Å². The van der Waals surface area contributed by atoms with E-state index in [0.29, 0.717) is 12.3 Å². The molecule has 5 heteroatoms. The summed E-state index contributed by atoms with van der Waals surface area (Å²) in [4.78, 5) is 0. The van der Waals surface area contributed by atoms with Crippen LogP contribution in [-0.4, -0.2) is 28.5 Å². The summed E-state index contributed by atoms with van der Waals surface area (Å²) in [6, 6.07) is -0.0517. The second-order valence-corrected chi connectivity index (χ2v) is 6.82. The minimum Gasteiger partial charge on any atom is -0.377 e. The third-order valence-corrected chi connectivity index (χ3v) is 5.43. The first-order valence-electron chi connectivity index (χ1n) is 7.96. The van der Waals surface area contributed by atoms with Crippen LogP contribution in [0, 0.1) is 12.8 Å². The Balaban J connectivity index is 2.21. The van der Waals surface area contributed by atoms with Crippen molar-refractivity contribution in [2.45, 2.75) is 71.1 Å². The fourth-order valence-corrected chi connectivity index (χ4v) is 3.89. The lowest BCUT2D eigenvalue weighted by Crippen LogP contribution is -2.53. The normalized spacial score (nSPS) is 27.8. The fourth-order valence-electron chi connectivity index (χ4n) is 3.68. The zero-order valence-corrected chi connectivity index (χ0v) is 14.4. The van der Waals surface area contributed by atoms with Gasteiger partial charge in [-0.3, -0.25) is 4.68 Å². The van der Waals surface area contributed by atoms with E-state index in [1.165, 1.54) is 12.8 Å². The predicted molar refractivity (Wildman–Crippen MR) is 86.7 cm³/mol. The molecule has 1 aromatic rings. The van der Waals surface area contributed by atoms with Crippen molar-refractivity contribution in [2.24, 2.45) is 11.7 Å². The fraction of sp³-hybridized carbons (Fsp3) is 0.812. The zero-order valence-electron chi connectivity index (χ0n) is 13.7. The van der Waals surface area contributed by atoms with Crippen molar-refractivity contribution in [3.05, 3.63) is 16.4 Å². The van der Waals surface area contributed by atoms with Crippen LogP contribution >= 0.6 is 11.6 Å². The number of nitrogens with zero attached hydrogens (tertiary/aromatic N) is 2. The van der Waals surface area contributed by atoms with E-state index in [0.717, 1.165) is 35.8 Å². The Bertz CT molecular complexity index is 488. The summed E-state index contributed by atoms with van der Waals surface area (Å²) in [7, 11) is 1.79. The van der Waals surface area contributed by atoms with Gasteiger partial charge in [-0.25, -0.2) is 0 Å². The van der Waals surface area contributed by atoms with E-state index in [2.05, 4.69) is 18.9 Å². The van der Waals surface area contributed by atoms with Gasteiger partial charge in [0, 0.05) is 26.1 Å². The summed E-state index contributed by atoms with van der Waals surface area (Å²) in [5.74, 6) is 0.665. The molecule has 2 N–H and O–H groups in total. The number of aryl methyl sites for hydroxylation is 2. The molecule has 120 valence electrons. The zero-order chi connectivity index (χ0) is 15.6. The van der Waals surface area contributed by atoms with Crippen molar-refractivity contribution in [1.29, 1.82) is 0 Å². The Kier molecular flexibility index (Phi) is 5.33. The monoisotopic (exact) mass is 313 g/mol. The van der Waals surface area contributed by atoms with Crippen LogP contribution in [-0.2, 0) is 17.7 Å². The number of hydrogen-bond donors (Lipinski definition) is 1. The molecule has 3 atom stereocenters. The Morgan fingerprint density at radius 2 is 2.29 bits per heavy atom. The number of nitrogens with two attached hydrogens (primary N) is 1. The van der Waals surface area contributed by atoms with Crippen molar-refractivity contribution >= 4 is 11.6 Å². The smallest absolute Gasteiger partial charge is 0.0847 e. The van der Waals surface area contributed by atoms with Crippen LogP contribution < -0.4 is 5.73 Å². The topological polar surface area (TPSA) is 53.1 Å². The van der Waals surface area contributed by atoms with Crippen molar-refractivity contribution in [1.82, 2.24) is 9.78 Å². The van der Waals surface area contributed by atoms with E-state index in [-0.39, 0.29) is 11.6 Å². The number of halogens is 1. The molecule has 2 rings (SSSR count). The van der Waals surface area contributed by atoms with Crippen LogP contribution in [0.25, 0.3) is 0 Å². The van der Waals surface area contributed by atoms with Gasteiger partial charge in [0.05, 0.1) is 22.0 Å². The highest BCUT2D eigenvalue weighted by molar-refractivity contribution is 6.31. The molecule has 1 saturated carbocycles. The highest BCUT2D eigenvalue weighted by Crippen LogP contribution is 2.38. The van der Waals surface area contributed by atoms with Crippen molar-refractivity contribution in [3.63, 3.8) is 0 Å². The second kappa shape index (κ2) is 6.67. The van der Waals surface area contributed by atoms with E-state index in [4.69, 9.17) is 22.1 Å². The highest BCUT2D eigenvalue weighted by atomic mass is 35.5. The number of methoxy groups -OCH3 is 1. The van der Waals surface area contributed by atoms with Gasteiger partial charge < -0.3 is 10.5 Å². The Hall–Kier alpha value is -0.580. The highest BCUT2D eigenvalue weighted by Gasteiger charge is 2.41. The second-order valence-electron chi connectivity index (χ2n) is 6.44. The van der Waals surface area contributed by atoms with E-state index >= 15 is 0 Å². The number of hydrogen-bond acceptors (Lipinski definition) is 3. The molecule has 4 nitrogen and oxygen atoms in total. The maximum absolute atomic E-state index is 6.57. The summed E-state index contributed by atoms with van der Waals surface area (Å²) in [6.07, 6.45) is 5.23. The molecule has 1 aliphatic carbocycles. The summed E-state index contributed by atoms with van der Waals surface area (Å²) in [6.45, 7) is 7.12. The molecular formula is C16H28ClN3O. The van der Waals surface area contributed by atoms with Crippen LogP contribution in [0.15, 0.2) is 0 Å². The number of aromatic nitrogens is 2. The van der Waals surface area contributed by atoms with Crippen LogP contribution in [0.4, 0.5) is 0 Å². The molecule has 21 heavy (non-hydrogen) atoms. The summed E-state index contributed by atoms with van der Waals surface area (Å²) < 4.78 is 7.87. The van der Waals surface area contributed by atoms with E-state index in [9.17, 15) is 0 Å². The third-order valence-electron chi connectivity index (χ3n) is 4.94. The van der Waals surface area contributed by atoms with Crippen LogP contribution in [0.2, 0.25) is 5.02 Å². The molecular weight excluding hydrogens is 286 g/mol. The van der Waals surface area contributed by atoms with Crippen molar-refractivity contribution in [2.75, 3.05) is 7.11 Å². The van der Waals surface area contributed by atoms with E-state index < -0.39 is 0 Å². The molecule has 1 aliphatic rings. The molecule has 0 aromatic carbocycles. The average molecular weight is 314 g/mol. The summed E-state index contributed by atoms with van der Waals surface area (Å²) >= 11 is 6.41. The van der Waals surface area contributed by atoms with Gasteiger partial charge in [-0.2, -0.15) is 5.10 Å². The molecule has 1 aromatic heterocycles.